The highest BCUT2D eigenvalue weighted by molar-refractivity contribution is 7.17. The fourth-order valence-corrected chi connectivity index (χ4v) is 3.23. The second-order valence-electron chi connectivity index (χ2n) is 5.91. The van der Waals surface area contributed by atoms with Gasteiger partial charge in [-0.1, -0.05) is 12.1 Å². The number of carbonyl (C=O) groups is 1. The summed E-state index contributed by atoms with van der Waals surface area (Å²) in [5.74, 6) is -0.647. The van der Waals surface area contributed by atoms with Crippen LogP contribution in [0.2, 0.25) is 0 Å². The van der Waals surface area contributed by atoms with E-state index in [1.807, 2.05) is 5.38 Å². The van der Waals surface area contributed by atoms with Crippen molar-refractivity contribution >= 4 is 39.0 Å². The lowest BCUT2D eigenvalue weighted by molar-refractivity contribution is -0.384. The monoisotopic (exact) mass is 358 g/mol. The number of hydrogen-bond acceptors (Lipinski definition) is 7. The molecule has 2 heterocycles. The first-order valence-electron chi connectivity index (χ1n) is 7.28. The highest BCUT2D eigenvalue weighted by atomic mass is 32.1. The van der Waals surface area contributed by atoms with E-state index in [4.69, 9.17) is 0 Å². The SMILES string of the molecule is CC(C)(Nc1ncnc2scc(-c3cccc([N+](=O)[O-])c3)c12)C(=O)O. The van der Waals surface area contributed by atoms with Crippen LogP contribution >= 0.6 is 11.3 Å². The molecule has 25 heavy (non-hydrogen) atoms. The molecule has 0 aliphatic carbocycles. The molecule has 128 valence electrons. The summed E-state index contributed by atoms with van der Waals surface area (Å²) in [7, 11) is 0. The summed E-state index contributed by atoms with van der Waals surface area (Å²) < 4.78 is 0. The first-order valence-corrected chi connectivity index (χ1v) is 8.16. The molecular formula is C16H14N4O4S. The summed E-state index contributed by atoms with van der Waals surface area (Å²) in [4.78, 5) is 31.0. The number of benzene rings is 1. The molecule has 0 fully saturated rings. The van der Waals surface area contributed by atoms with Crippen LogP contribution in [0.5, 0.6) is 0 Å². The Balaban J connectivity index is 2.16. The van der Waals surface area contributed by atoms with Crippen LogP contribution < -0.4 is 5.32 Å². The van der Waals surface area contributed by atoms with Gasteiger partial charge < -0.3 is 10.4 Å². The van der Waals surface area contributed by atoms with E-state index in [9.17, 15) is 20.0 Å². The molecule has 0 radical (unpaired) electrons. The Bertz CT molecular complexity index is 983. The van der Waals surface area contributed by atoms with Crippen LogP contribution in [-0.2, 0) is 4.79 Å². The lowest BCUT2D eigenvalue weighted by Gasteiger charge is -2.22. The highest BCUT2D eigenvalue weighted by Crippen LogP contribution is 2.38. The predicted octanol–water partition coefficient (Wildman–Crippen LogP) is 3.54. The van der Waals surface area contributed by atoms with Crippen molar-refractivity contribution in [3.05, 3.63) is 46.1 Å². The third-order valence-corrected chi connectivity index (χ3v) is 4.59. The summed E-state index contributed by atoms with van der Waals surface area (Å²) >= 11 is 1.36. The molecule has 8 nitrogen and oxygen atoms in total. The number of aromatic nitrogens is 2. The molecule has 0 saturated heterocycles. The lowest BCUT2D eigenvalue weighted by Crippen LogP contribution is -2.40. The minimum absolute atomic E-state index is 0.0194. The van der Waals surface area contributed by atoms with Crippen LogP contribution in [0.25, 0.3) is 21.3 Å². The van der Waals surface area contributed by atoms with Gasteiger partial charge in [-0.05, 0) is 19.4 Å². The zero-order valence-corrected chi connectivity index (χ0v) is 14.2. The smallest absolute Gasteiger partial charge is 0.328 e. The van der Waals surface area contributed by atoms with Crippen molar-refractivity contribution in [2.45, 2.75) is 19.4 Å². The molecule has 0 spiro atoms. The lowest BCUT2D eigenvalue weighted by atomic mass is 10.0. The van der Waals surface area contributed by atoms with Crippen molar-refractivity contribution in [1.29, 1.82) is 0 Å². The van der Waals surface area contributed by atoms with E-state index in [-0.39, 0.29) is 5.69 Å². The number of anilines is 1. The maximum absolute atomic E-state index is 11.4. The molecular weight excluding hydrogens is 344 g/mol. The average Bonchev–Trinajstić information content (AvgIpc) is 2.99. The maximum atomic E-state index is 11.4. The summed E-state index contributed by atoms with van der Waals surface area (Å²) in [5.41, 5.74) is 0.108. The second kappa shape index (κ2) is 6.10. The van der Waals surface area contributed by atoms with Gasteiger partial charge in [-0.25, -0.2) is 14.8 Å². The molecule has 0 atom stereocenters. The number of thiophene rings is 1. The van der Waals surface area contributed by atoms with Gasteiger partial charge in [-0.3, -0.25) is 10.1 Å². The molecule has 2 N–H and O–H groups in total. The number of nitro groups is 1. The quantitative estimate of drug-likeness (QED) is 0.529. The van der Waals surface area contributed by atoms with Crippen molar-refractivity contribution in [2.75, 3.05) is 5.32 Å². The molecule has 2 aromatic heterocycles. The summed E-state index contributed by atoms with van der Waals surface area (Å²) in [6, 6.07) is 6.25. The van der Waals surface area contributed by atoms with E-state index < -0.39 is 16.4 Å². The van der Waals surface area contributed by atoms with Crippen LogP contribution in [0.15, 0.2) is 36.0 Å². The van der Waals surface area contributed by atoms with Crippen molar-refractivity contribution in [1.82, 2.24) is 9.97 Å². The Kier molecular flexibility index (Phi) is 4.09. The van der Waals surface area contributed by atoms with Crippen LogP contribution in [-0.4, -0.2) is 31.5 Å². The zero-order chi connectivity index (χ0) is 18.2. The Morgan fingerprint density at radius 3 is 2.80 bits per heavy atom. The van der Waals surface area contributed by atoms with Crippen LogP contribution in [0, 0.1) is 10.1 Å². The van der Waals surface area contributed by atoms with Gasteiger partial charge in [0.05, 0.1) is 10.3 Å². The average molecular weight is 358 g/mol. The first kappa shape index (κ1) is 16.8. The second-order valence-corrected chi connectivity index (χ2v) is 6.77. The largest absolute Gasteiger partial charge is 0.480 e. The topological polar surface area (TPSA) is 118 Å². The highest BCUT2D eigenvalue weighted by Gasteiger charge is 2.28. The fourth-order valence-electron chi connectivity index (χ4n) is 2.32. The van der Waals surface area contributed by atoms with Gasteiger partial charge in [-0.15, -0.1) is 11.3 Å². The third kappa shape index (κ3) is 3.13. The molecule has 0 unspecified atom stereocenters. The number of fused-ring (bicyclic) bond motifs is 1. The number of hydrogen-bond donors (Lipinski definition) is 2. The fraction of sp³-hybridized carbons (Fsp3) is 0.188. The van der Waals surface area contributed by atoms with E-state index >= 15 is 0 Å². The van der Waals surface area contributed by atoms with Crippen LogP contribution in [0.3, 0.4) is 0 Å². The molecule has 0 bridgehead atoms. The van der Waals surface area contributed by atoms with Crippen LogP contribution in [0.1, 0.15) is 13.8 Å². The number of non-ortho nitro benzene ring substituents is 1. The van der Waals surface area contributed by atoms with E-state index in [0.29, 0.717) is 27.2 Å². The number of carboxylic acids is 1. The van der Waals surface area contributed by atoms with Gasteiger partial charge in [0.2, 0.25) is 0 Å². The van der Waals surface area contributed by atoms with E-state index in [2.05, 4.69) is 15.3 Å². The molecule has 0 amide bonds. The standard InChI is InChI=1S/C16H14N4O4S/c1-16(2,15(21)22)19-13-12-11(7-25-14(12)18-8-17-13)9-4-3-5-10(6-9)20(23)24/h3-8H,1-2H3,(H,21,22)(H,17,18,19). The van der Waals surface area contributed by atoms with E-state index in [0.717, 1.165) is 0 Å². The van der Waals surface area contributed by atoms with Gasteiger partial charge in [0, 0.05) is 23.1 Å². The molecule has 9 heteroatoms. The van der Waals surface area contributed by atoms with E-state index in [1.165, 1.54) is 43.6 Å². The van der Waals surface area contributed by atoms with Crippen molar-refractivity contribution in [3.8, 4) is 11.1 Å². The van der Waals surface area contributed by atoms with Crippen LogP contribution in [0.4, 0.5) is 11.5 Å². The third-order valence-electron chi connectivity index (χ3n) is 3.70. The van der Waals surface area contributed by atoms with Crippen molar-refractivity contribution in [3.63, 3.8) is 0 Å². The maximum Gasteiger partial charge on any atom is 0.328 e. The molecule has 0 aliphatic rings. The summed E-state index contributed by atoms with van der Waals surface area (Å²) in [6.45, 7) is 3.06. The minimum atomic E-state index is -1.23. The molecule has 3 rings (SSSR count). The van der Waals surface area contributed by atoms with Gasteiger partial charge in [0.25, 0.3) is 5.69 Å². The summed E-state index contributed by atoms with van der Waals surface area (Å²) in [5, 5.41) is 25.7. The Hall–Kier alpha value is -3.07. The zero-order valence-electron chi connectivity index (χ0n) is 13.4. The summed E-state index contributed by atoms with van der Waals surface area (Å²) in [6.07, 6.45) is 1.36. The number of nitrogens with one attached hydrogen (secondary N) is 1. The minimum Gasteiger partial charge on any atom is -0.480 e. The molecule has 0 saturated carbocycles. The number of nitrogens with zero attached hydrogens (tertiary/aromatic N) is 3. The molecule has 3 aromatic rings. The number of nitro benzene ring substituents is 1. The van der Waals surface area contributed by atoms with Crippen molar-refractivity contribution in [2.24, 2.45) is 0 Å². The first-order chi connectivity index (χ1) is 11.8. The Labute approximate surface area is 146 Å². The molecule has 0 aliphatic heterocycles. The number of aliphatic carboxylic acids is 1. The van der Waals surface area contributed by atoms with Gasteiger partial charge in [-0.2, -0.15) is 0 Å². The van der Waals surface area contributed by atoms with Gasteiger partial charge >= 0.3 is 5.97 Å². The Morgan fingerprint density at radius 2 is 2.12 bits per heavy atom. The predicted molar refractivity (Wildman–Crippen MR) is 94.8 cm³/mol. The van der Waals surface area contributed by atoms with E-state index in [1.54, 1.807) is 12.1 Å². The van der Waals surface area contributed by atoms with Gasteiger partial charge in [0.1, 0.15) is 22.5 Å². The Morgan fingerprint density at radius 1 is 1.36 bits per heavy atom. The number of rotatable bonds is 5. The number of carboxylic acid groups (broad SMARTS) is 1. The van der Waals surface area contributed by atoms with Crippen molar-refractivity contribution < 1.29 is 14.8 Å². The molecule has 1 aromatic carbocycles. The van der Waals surface area contributed by atoms with Gasteiger partial charge in [0.15, 0.2) is 0 Å². The normalized spacial score (nSPS) is 11.4.